The summed E-state index contributed by atoms with van der Waals surface area (Å²) in [5.41, 5.74) is 2.19. The largest absolute Gasteiger partial charge is 0.408 e. The molecule has 0 aromatic carbocycles. The van der Waals surface area contributed by atoms with Crippen molar-refractivity contribution in [3.05, 3.63) is 33.4 Å². The molecule has 0 saturated carbocycles. The zero-order valence-electron chi connectivity index (χ0n) is 17.4. The van der Waals surface area contributed by atoms with Crippen LogP contribution in [0.2, 0.25) is 0 Å². The summed E-state index contributed by atoms with van der Waals surface area (Å²) in [5.74, 6) is 0.536. The highest BCUT2D eigenvalue weighted by Crippen LogP contribution is 2.36. The van der Waals surface area contributed by atoms with Crippen LogP contribution in [0.4, 0.5) is 24.9 Å². The van der Waals surface area contributed by atoms with E-state index in [9.17, 15) is 18.0 Å². The van der Waals surface area contributed by atoms with Crippen LogP contribution in [-0.2, 0) is 17.7 Å². The van der Waals surface area contributed by atoms with Gasteiger partial charge in [-0.15, -0.1) is 0 Å². The number of rotatable bonds is 4. The van der Waals surface area contributed by atoms with E-state index in [1.807, 2.05) is 18.7 Å². The highest BCUT2D eigenvalue weighted by atomic mass is 19.4. The molecule has 2 bridgehead atoms. The van der Waals surface area contributed by atoms with E-state index < -0.39 is 12.2 Å². The van der Waals surface area contributed by atoms with Crippen LogP contribution >= 0.6 is 0 Å². The lowest BCUT2D eigenvalue weighted by atomic mass is 10.1. The quantitative estimate of drug-likeness (QED) is 0.786. The SMILES string of the molecule is Cc1n[nH]c(C)c1CCN1c2nc(N3C[C@H]4C[C@H]3CO4)cc(=O)n2CC[C@H]1C(F)(F)F. The second kappa shape index (κ2) is 7.25. The number of H-pyrrole nitrogens is 1. The predicted octanol–water partition coefficient (Wildman–Crippen LogP) is 1.94. The number of ether oxygens (including phenoxy) is 1. The summed E-state index contributed by atoms with van der Waals surface area (Å²) in [6, 6.07) is -0.118. The Hall–Kier alpha value is -2.56. The first-order chi connectivity index (χ1) is 14.7. The van der Waals surface area contributed by atoms with Crippen LogP contribution in [0.3, 0.4) is 0 Å². The van der Waals surface area contributed by atoms with Gasteiger partial charge in [0.05, 0.1) is 24.4 Å². The number of anilines is 2. The molecule has 3 aliphatic rings. The molecule has 1 N–H and O–H groups in total. The van der Waals surface area contributed by atoms with E-state index in [-0.39, 0.29) is 43.2 Å². The van der Waals surface area contributed by atoms with Crippen LogP contribution in [-0.4, -0.2) is 63.8 Å². The van der Waals surface area contributed by atoms with Crippen molar-refractivity contribution in [3.63, 3.8) is 0 Å². The molecule has 3 aliphatic heterocycles. The van der Waals surface area contributed by atoms with Crippen molar-refractivity contribution in [3.8, 4) is 0 Å². The van der Waals surface area contributed by atoms with Crippen molar-refractivity contribution < 1.29 is 17.9 Å². The molecule has 31 heavy (non-hydrogen) atoms. The normalized spacial score (nSPS) is 25.4. The van der Waals surface area contributed by atoms with E-state index in [1.54, 1.807) is 0 Å². The number of fused-ring (bicyclic) bond motifs is 3. The topological polar surface area (TPSA) is 79.3 Å². The molecule has 2 saturated heterocycles. The summed E-state index contributed by atoms with van der Waals surface area (Å²) in [4.78, 5) is 20.7. The first kappa shape index (κ1) is 20.3. The fourth-order valence-electron chi connectivity index (χ4n) is 5.06. The molecule has 0 radical (unpaired) electrons. The highest BCUT2D eigenvalue weighted by Gasteiger charge is 2.47. The Morgan fingerprint density at radius 3 is 2.74 bits per heavy atom. The first-order valence-corrected chi connectivity index (χ1v) is 10.6. The Balaban J connectivity index is 1.52. The first-order valence-electron chi connectivity index (χ1n) is 10.6. The molecule has 2 fully saturated rings. The molecule has 168 valence electrons. The smallest absolute Gasteiger partial charge is 0.374 e. The standard InChI is InChI=1S/C20H25F3N6O2/c1-11-15(12(2)26-25-11)3-5-27-16(20(21,22)23)4-6-28-18(30)8-17(24-19(27)28)29-9-14-7-13(29)10-31-14/h8,13-14,16H,3-7,9-10H2,1-2H3,(H,25,26)/t13-,14+,16-/m0/s1. The lowest BCUT2D eigenvalue weighted by Crippen LogP contribution is -2.53. The van der Waals surface area contributed by atoms with Crippen molar-refractivity contribution in [2.75, 3.05) is 29.5 Å². The summed E-state index contributed by atoms with van der Waals surface area (Å²) in [7, 11) is 0. The molecular formula is C20H25F3N6O2. The van der Waals surface area contributed by atoms with Gasteiger partial charge in [0.25, 0.3) is 5.56 Å². The maximum atomic E-state index is 13.9. The molecule has 0 amide bonds. The van der Waals surface area contributed by atoms with E-state index in [0.29, 0.717) is 25.4 Å². The molecule has 2 aromatic heterocycles. The summed E-state index contributed by atoms with van der Waals surface area (Å²) < 4.78 is 48.8. The third-order valence-corrected chi connectivity index (χ3v) is 6.69. The molecule has 8 nitrogen and oxygen atoms in total. The minimum atomic E-state index is -4.42. The number of aromatic amines is 1. The van der Waals surface area contributed by atoms with E-state index in [0.717, 1.165) is 23.4 Å². The van der Waals surface area contributed by atoms with Crippen molar-refractivity contribution >= 4 is 11.8 Å². The lowest BCUT2D eigenvalue weighted by Gasteiger charge is -2.39. The van der Waals surface area contributed by atoms with Gasteiger partial charge in [0, 0.05) is 31.4 Å². The van der Waals surface area contributed by atoms with Crippen LogP contribution in [0.1, 0.15) is 29.8 Å². The van der Waals surface area contributed by atoms with Gasteiger partial charge in [-0.05, 0) is 38.7 Å². The van der Waals surface area contributed by atoms with Crippen LogP contribution in [0.15, 0.2) is 10.9 Å². The monoisotopic (exact) mass is 438 g/mol. The Bertz CT molecular complexity index is 1030. The zero-order chi connectivity index (χ0) is 21.9. The molecule has 0 unspecified atom stereocenters. The maximum Gasteiger partial charge on any atom is 0.408 e. The summed E-state index contributed by atoms with van der Waals surface area (Å²) >= 11 is 0. The zero-order valence-corrected chi connectivity index (χ0v) is 17.4. The van der Waals surface area contributed by atoms with E-state index in [4.69, 9.17) is 4.74 Å². The second-order valence-electron chi connectivity index (χ2n) is 8.60. The minimum Gasteiger partial charge on any atom is -0.374 e. The van der Waals surface area contributed by atoms with Gasteiger partial charge in [0.2, 0.25) is 5.95 Å². The number of hydrogen-bond donors (Lipinski definition) is 1. The number of nitrogens with zero attached hydrogens (tertiary/aromatic N) is 5. The molecule has 5 heterocycles. The fraction of sp³-hybridized carbons (Fsp3) is 0.650. The van der Waals surface area contributed by atoms with E-state index in [1.165, 1.54) is 15.5 Å². The van der Waals surface area contributed by atoms with Crippen molar-refractivity contribution in [2.24, 2.45) is 0 Å². The average Bonchev–Trinajstić information content (AvgIpc) is 3.42. The van der Waals surface area contributed by atoms with Crippen LogP contribution in [0.5, 0.6) is 0 Å². The Labute approximate surface area is 177 Å². The summed E-state index contributed by atoms with van der Waals surface area (Å²) in [6.07, 6.45) is -3.27. The average molecular weight is 438 g/mol. The number of morpholine rings is 1. The van der Waals surface area contributed by atoms with Gasteiger partial charge in [0.1, 0.15) is 11.9 Å². The second-order valence-corrected chi connectivity index (χ2v) is 8.60. The molecule has 0 spiro atoms. The molecule has 0 aliphatic carbocycles. The lowest BCUT2D eigenvalue weighted by molar-refractivity contribution is -0.152. The van der Waals surface area contributed by atoms with E-state index in [2.05, 4.69) is 15.2 Å². The molecule has 3 atom stereocenters. The van der Waals surface area contributed by atoms with Gasteiger partial charge < -0.3 is 14.5 Å². The molecule has 2 aromatic rings. The maximum absolute atomic E-state index is 13.9. The third kappa shape index (κ3) is 3.48. The fourth-order valence-corrected chi connectivity index (χ4v) is 5.06. The van der Waals surface area contributed by atoms with Crippen molar-refractivity contribution in [1.29, 1.82) is 0 Å². The Morgan fingerprint density at radius 1 is 1.32 bits per heavy atom. The van der Waals surface area contributed by atoms with Gasteiger partial charge in [-0.2, -0.15) is 23.3 Å². The number of hydrogen-bond acceptors (Lipinski definition) is 6. The van der Waals surface area contributed by atoms with Gasteiger partial charge in [-0.3, -0.25) is 14.5 Å². The minimum absolute atomic E-state index is 0.00105. The predicted molar refractivity (Wildman–Crippen MR) is 108 cm³/mol. The molecular weight excluding hydrogens is 413 g/mol. The van der Waals surface area contributed by atoms with Crippen LogP contribution in [0, 0.1) is 13.8 Å². The van der Waals surface area contributed by atoms with Gasteiger partial charge in [0.15, 0.2) is 0 Å². The van der Waals surface area contributed by atoms with Crippen LogP contribution < -0.4 is 15.4 Å². The number of alkyl halides is 3. The Morgan fingerprint density at radius 2 is 2.13 bits per heavy atom. The van der Waals surface area contributed by atoms with Crippen LogP contribution in [0.25, 0.3) is 0 Å². The summed E-state index contributed by atoms with van der Waals surface area (Å²) in [6.45, 7) is 4.94. The van der Waals surface area contributed by atoms with Gasteiger partial charge >= 0.3 is 6.18 Å². The van der Waals surface area contributed by atoms with Crippen molar-refractivity contribution in [1.82, 2.24) is 19.7 Å². The molecule has 5 rings (SSSR count). The third-order valence-electron chi connectivity index (χ3n) is 6.69. The van der Waals surface area contributed by atoms with Gasteiger partial charge in [-0.25, -0.2) is 0 Å². The number of aryl methyl sites for hydroxylation is 2. The molecule has 11 heteroatoms. The number of nitrogens with one attached hydrogen (secondary N) is 1. The van der Waals surface area contributed by atoms with Crippen molar-refractivity contribution in [2.45, 2.75) is 64.0 Å². The van der Waals surface area contributed by atoms with Gasteiger partial charge in [-0.1, -0.05) is 0 Å². The van der Waals surface area contributed by atoms with E-state index >= 15 is 0 Å². The number of aromatic nitrogens is 4. The highest BCUT2D eigenvalue weighted by molar-refractivity contribution is 5.49. The summed E-state index contributed by atoms with van der Waals surface area (Å²) in [5, 5.41) is 7.02. The number of halogens is 3. The Kier molecular flexibility index (Phi) is 4.76.